The Balaban J connectivity index is 2.04. The lowest BCUT2D eigenvalue weighted by Gasteiger charge is -2.26. The largest absolute Gasteiger partial charge is 0.383 e. The molecule has 2 aliphatic heterocycles. The van der Waals surface area contributed by atoms with E-state index in [-0.39, 0.29) is 28.7 Å². The second kappa shape index (κ2) is 5.81. The molecule has 3 aromatic rings. The summed E-state index contributed by atoms with van der Waals surface area (Å²) in [6.45, 7) is 3.87. The maximum Gasteiger partial charge on any atom is 0.279 e. The molecule has 1 atom stereocenters. The Hall–Kier alpha value is -4.38. The molecule has 1 amide bonds. The van der Waals surface area contributed by atoms with E-state index in [0.717, 1.165) is 9.36 Å². The molecular formula is C22H15N5O3. The van der Waals surface area contributed by atoms with Crippen LogP contribution < -0.4 is 21.8 Å². The van der Waals surface area contributed by atoms with Gasteiger partial charge in [-0.15, -0.1) is 6.58 Å². The van der Waals surface area contributed by atoms with Gasteiger partial charge in [0.1, 0.15) is 17.5 Å². The second-order valence-corrected chi connectivity index (χ2v) is 7.08. The van der Waals surface area contributed by atoms with E-state index in [9.17, 15) is 19.6 Å². The van der Waals surface area contributed by atoms with Gasteiger partial charge in [0.05, 0.1) is 16.5 Å². The third kappa shape index (κ3) is 1.77. The predicted molar refractivity (Wildman–Crippen MR) is 112 cm³/mol. The van der Waals surface area contributed by atoms with Crippen molar-refractivity contribution in [1.82, 2.24) is 9.36 Å². The average Bonchev–Trinajstić information content (AvgIpc) is 3.17. The monoisotopic (exact) mass is 397 g/mol. The molecule has 2 aliphatic rings. The zero-order chi connectivity index (χ0) is 21.2. The number of fused-ring (bicyclic) bond motifs is 5. The van der Waals surface area contributed by atoms with Gasteiger partial charge in [-0.25, -0.2) is 4.68 Å². The van der Waals surface area contributed by atoms with Crippen molar-refractivity contribution in [2.75, 3.05) is 11.4 Å². The number of nitriles is 1. The SMILES string of the molecule is C=CCN1C(=O)C2(C(C#N)=C(N)n3c(=O)c4ccccc4c(=O)n32)c2ccccc21. The van der Waals surface area contributed by atoms with E-state index in [1.54, 1.807) is 42.5 Å². The fraction of sp³-hybridized carbons (Fsp3) is 0.0909. The van der Waals surface area contributed by atoms with Crippen molar-refractivity contribution in [2.45, 2.75) is 5.54 Å². The van der Waals surface area contributed by atoms with E-state index >= 15 is 0 Å². The van der Waals surface area contributed by atoms with E-state index in [4.69, 9.17) is 5.73 Å². The minimum Gasteiger partial charge on any atom is -0.383 e. The third-order valence-corrected chi connectivity index (χ3v) is 5.70. The molecule has 30 heavy (non-hydrogen) atoms. The van der Waals surface area contributed by atoms with E-state index in [0.29, 0.717) is 11.3 Å². The van der Waals surface area contributed by atoms with Crippen LogP contribution in [0.1, 0.15) is 5.56 Å². The van der Waals surface area contributed by atoms with Gasteiger partial charge in [0.15, 0.2) is 0 Å². The highest BCUT2D eigenvalue weighted by Gasteiger charge is 2.61. The highest BCUT2D eigenvalue weighted by Crippen LogP contribution is 2.49. The maximum atomic E-state index is 13.8. The van der Waals surface area contributed by atoms with Crippen LogP contribution in [0.4, 0.5) is 5.69 Å². The Bertz CT molecular complexity index is 1490. The number of nitrogens with zero attached hydrogens (tertiary/aromatic N) is 4. The summed E-state index contributed by atoms with van der Waals surface area (Å²) in [4.78, 5) is 42.1. The van der Waals surface area contributed by atoms with Crippen molar-refractivity contribution in [2.24, 2.45) is 5.73 Å². The number of hydrogen-bond donors (Lipinski definition) is 1. The van der Waals surface area contributed by atoms with E-state index in [1.165, 1.54) is 17.0 Å². The number of carbonyl (C=O) groups is 1. The molecule has 3 heterocycles. The summed E-state index contributed by atoms with van der Waals surface area (Å²) in [5, 5.41) is 10.3. The highest BCUT2D eigenvalue weighted by molar-refractivity contribution is 6.12. The number of amides is 1. The molecule has 0 saturated carbocycles. The lowest BCUT2D eigenvalue weighted by Crippen LogP contribution is -2.52. The summed E-state index contributed by atoms with van der Waals surface area (Å²) in [6, 6.07) is 15.2. The summed E-state index contributed by atoms with van der Waals surface area (Å²) >= 11 is 0. The first-order chi connectivity index (χ1) is 14.5. The molecule has 5 rings (SSSR count). The van der Waals surface area contributed by atoms with Gasteiger partial charge in [0, 0.05) is 12.1 Å². The number of rotatable bonds is 2. The topological polar surface area (TPSA) is 114 Å². The summed E-state index contributed by atoms with van der Waals surface area (Å²) in [5.41, 5.74) is 4.02. The van der Waals surface area contributed by atoms with Gasteiger partial charge in [0.25, 0.3) is 17.0 Å². The first-order valence-electron chi connectivity index (χ1n) is 9.20. The molecule has 2 N–H and O–H groups in total. The molecule has 0 bridgehead atoms. The molecule has 146 valence electrons. The Morgan fingerprint density at radius 2 is 1.67 bits per heavy atom. The minimum atomic E-state index is -1.85. The van der Waals surface area contributed by atoms with Crippen LogP contribution in [0.2, 0.25) is 0 Å². The Kier molecular flexibility index (Phi) is 3.43. The second-order valence-electron chi connectivity index (χ2n) is 7.08. The number of nitrogens with two attached hydrogens (primary N) is 1. The normalized spacial score (nSPS) is 19.3. The summed E-state index contributed by atoms with van der Waals surface area (Å²) < 4.78 is 1.99. The standard InChI is InChI=1S/C22H15N5O3/c1-2-11-25-17-10-6-5-9-15(17)22(21(25)30)16(12-23)18(24)26-19(28)13-7-3-4-8-14(13)20(29)27(22)26/h2-10H,1,11,24H2. The molecule has 2 aromatic carbocycles. The molecule has 8 nitrogen and oxygen atoms in total. The summed E-state index contributed by atoms with van der Waals surface area (Å²) in [5.74, 6) is -0.764. The average molecular weight is 397 g/mol. The third-order valence-electron chi connectivity index (χ3n) is 5.70. The van der Waals surface area contributed by atoms with Crippen molar-refractivity contribution in [3.05, 3.63) is 93.0 Å². The van der Waals surface area contributed by atoms with Gasteiger partial charge < -0.3 is 10.6 Å². The van der Waals surface area contributed by atoms with Gasteiger partial charge in [-0.3, -0.25) is 14.4 Å². The van der Waals surface area contributed by atoms with E-state index < -0.39 is 22.6 Å². The molecule has 1 unspecified atom stereocenters. The van der Waals surface area contributed by atoms with Crippen LogP contribution in [0.5, 0.6) is 0 Å². The highest BCUT2D eigenvalue weighted by atomic mass is 16.2. The van der Waals surface area contributed by atoms with Crippen LogP contribution in [0.3, 0.4) is 0 Å². The molecular weight excluding hydrogens is 382 g/mol. The van der Waals surface area contributed by atoms with Crippen LogP contribution in [-0.2, 0) is 10.3 Å². The number of benzene rings is 2. The molecule has 0 aliphatic carbocycles. The fourth-order valence-corrected chi connectivity index (χ4v) is 4.51. The van der Waals surface area contributed by atoms with Crippen LogP contribution in [-0.4, -0.2) is 21.8 Å². The first-order valence-corrected chi connectivity index (χ1v) is 9.20. The number of anilines is 1. The number of carbonyl (C=O) groups excluding carboxylic acids is 1. The van der Waals surface area contributed by atoms with Crippen molar-refractivity contribution in [3.63, 3.8) is 0 Å². The van der Waals surface area contributed by atoms with Gasteiger partial charge in [-0.05, 0) is 18.2 Å². The summed E-state index contributed by atoms with van der Waals surface area (Å²) in [7, 11) is 0. The van der Waals surface area contributed by atoms with Crippen LogP contribution in [0, 0.1) is 11.3 Å². The number of hydrogen-bond acceptors (Lipinski definition) is 5. The first kappa shape index (κ1) is 17.7. The minimum absolute atomic E-state index is 0.151. The van der Waals surface area contributed by atoms with Crippen molar-refractivity contribution < 1.29 is 4.79 Å². The lowest BCUT2D eigenvalue weighted by molar-refractivity contribution is -0.122. The van der Waals surface area contributed by atoms with Crippen molar-refractivity contribution in [3.8, 4) is 6.07 Å². The van der Waals surface area contributed by atoms with E-state index in [1.807, 2.05) is 6.07 Å². The Morgan fingerprint density at radius 1 is 1.03 bits per heavy atom. The fourth-order valence-electron chi connectivity index (χ4n) is 4.51. The maximum absolute atomic E-state index is 13.8. The zero-order valence-corrected chi connectivity index (χ0v) is 15.7. The molecule has 1 spiro atoms. The van der Waals surface area contributed by atoms with Crippen LogP contribution in [0.15, 0.2) is 76.3 Å². The van der Waals surface area contributed by atoms with Gasteiger partial charge in [0.2, 0.25) is 5.54 Å². The van der Waals surface area contributed by atoms with Crippen molar-refractivity contribution in [1.29, 1.82) is 5.26 Å². The predicted octanol–water partition coefficient (Wildman–Crippen LogP) is 1.10. The van der Waals surface area contributed by atoms with Gasteiger partial charge in [-0.1, -0.05) is 36.4 Å². The lowest BCUT2D eigenvalue weighted by atomic mass is 9.84. The Labute approximate surface area is 170 Å². The molecule has 1 aromatic heterocycles. The Morgan fingerprint density at radius 3 is 2.33 bits per heavy atom. The van der Waals surface area contributed by atoms with Gasteiger partial charge in [-0.2, -0.15) is 9.94 Å². The zero-order valence-electron chi connectivity index (χ0n) is 15.7. The molecule has 8 heteroatoms. The number of para-hydroxylation sites is 1. The van der Waals surface area contributed by atoms with Crippen molar-refractivity contribution >= 4 is 28.2 Å². The molecule has 0 saturated heterocycles. The number of aromatic nitrogens is 2. The van der Waals surface area contributed by atoms with E-state index in [2.05, 4.69) is 6.58 Å². The summed E-state index contributed by atoms with van der Waals surface area (Å²) in [6.07, 6.45) is 1.55. The molecule has 0 radical (unpaired) electrons. The van der Waals surface area contributed by atoms with Crippen LogP contribution >= 0.6 is 0 Å². The smallest absolute Gasteiger partial charge is 0.279 e. The quantitative estimate of drug-likeness (QED) is 0.651. The van der Waals surface area contributed by atoms with Gasteiger partial charge >= 0.3 is 0 Å². The molecule has 0 fully saturated rings. The van der Waals surface area contributed by atoms with Crippen LogP contribution in [0.25, 0.3) is 16.6 Å².